The SMILES string of the molecule is CCCCCCCCCC1CCCCCCC(CCC)C(=O)OC(=O)CCCCC(=O)O1. The van der Waals surface area contributed by atoms with Crippen LogP contribution in [0.3, 0.4) is 0 Å². The number of ether oxygens (including phenoxy) is 2. The van der Waals surface area contributed by atoms with Crippen molar-refractivity contribution < 1.29 is 23.9 Å². The molecule has 0 spiro atoms. The highest BCUT2D eigenvalue weighted by atomic mass is 16.6. The standard InChI is InChI=1S/C27H48O5/c1-3-5-6-7-8-9-13-19-24-20-14-11-10-12-18-23(17-4-2)27(30)32-26(29)22-16-15-21-25(28)31-24/h23-24H,3-22H2,1-2H3. The summed E-state index contributed by atoms with van der Waals surface area (Å²) >= 11 is 0. The Bertz CT molecular complexity index is 516. The molecule has 1 saturated heterocycles. The van der Waals surface area contributed by atoms with Crippen LogP contribution in [0, 0.1) is 5.92 Å². The molecule has 5 nitrogen and oxygen atoms in total. The summed E-state index contributed by atoms with van der Waals surface area (Å²) in [6.45, 7) is 4.29. The van der Waals surface area contributed by atoms with E-state index in [1.165, 1.54) is 38.5 Å². The van der Waals surface area contributed by atoms with Crippen LogP contribution >= 0.6 is 0 Å². The lowest BCUT2D eigenvalue weighted by atomic mass is 9.95. The third-order valence-corrected chi connectivity index (χ3v) is 6.45. The molecule has 32 heavy (non-hydrogen) atoms. The van der Waals surface area contributed by atoms with E-state index in [9.17, 15) is 14.4 Å². The molecule has 0 bridgehead atoms. The summed E-state index contributed by atoms with van der Waals surface area (Å²) in [5.74, 6) is -1.16. The molecule has 0 radical (unpaired) electrons. The predicted octanol–water partition coefficient (Wildman–Crippen LogP) is 7.44. The minimum atomic E-state index is -0.467. The number of cyclic esters (lactones) is 3. The molecular formula is C27H48O5. The van der Waals surface area contributed by atoms with Crippen LogP contribution in [0.4, 0.5) is 0 Å². The fourth-order valence-corrected chi connectivity index (χ4v) is 4.47. The number of unbranched alkanes of at least 4 members (excludes halogenated alkanes) is 6. The zero-order valence-corrected chi connectivity index (χ0v) is 20.8. The van der Waals surface area contributed by atoms with E-state index in [1.807, 2.05) is 0 Å². The van der Waals surface area contributed by atoms with E-state index in [0.29, 0.717) is 19.3 Å². The average Bonchev–Trinajstić information content (AvgIpc) is 2.76. The monoisotopic (exact) mass is 452 g/mol. The maximum Gasteiger partial charge on any atom is 0.316 e. The maximum atomic E-state index is 12.3. The van der Waals surface area contributed by atoms with Crippen LogP contribution in [0.5, 0.6) is 0 Å². The number of carbonyl (C=O) groups excluding carboxylic acids is 3. The van der Waals surface area contributed by atoms with Crippen molar-refractivity contribution in [3.8, 4) is 0 Å². The Morgan fingerprint density at radius 2 is 1.28 bits per heavy atom. The summed E-state index contributed by atoms with van der Waals surface area (Å²) in [4.78, 5) is 36.6. The van der Waals surface area contributed by atoms with Crippen molar-refractivity contribution in [2.75, 3.05) is 0 Å². The normalized spacial score (nSPS) is 22.8. The van der Waals surface area contributed by atoms with E-state index in [1.54, 1.807) is 0 Å². The first kappa shape index (κ1) is 28.6. The van der Waals surface area contributed by atoms with Crippen molar-refractivity contribution in [1.82, 2.24) is 0 Å². The summed E-state index contributed by atoms with van der Waals surface area (Å²) in [6.07, 6.45) is 19.0. The van der Waals surface area contributed by atoms with Gasteiger partial charge in [-0.25, -0.2) is 0 Å². The average molecular weight is 453 g/mol. The van der Waals surface area contributed by atoms with Gasteiger partial charge >= 0.3 is 17.9 Å². The van der Waals surface area contributed by atoms with E-state index in [-0.39, 0.29) is 30.4 Å². The fourth-order valence-electron chi connectivity index (χ4n) is 4.47. The third kappa shape index (κ3) is 14.6. The number of hydrogen-bond acceptors (Lipinski definition) is 5. The number of hydrogen-bond donors (Lipinski definition) is 0. The molecule has 0 aliphatic carbocycles. The van der Waals surface area contributed by atoms with Gasteiger partial charge in [-0.3, -0.25) is 14.4 Å². The Morgan fingerprint density at radius 3 is 1.97 bits per heavy atom. The summed E-state index contributed by atoms with van der Waals surface area (Å²) in [7, 11) is 0. The summed E-state index contributed by atoms with van der Waals surface area (Å²) in [5, 5.41) is 0. The third-order valence-electron chi connectivity index (χ3n) is 6.45. The van der Waals surface area contributed by atoms with Crippen LogP contribution in [-0.2, 0) is 23.9 Å². The Hall–Kier alpha value is -1.39. The Labute approximate surface area is 196 Å². The van der Waals surface area contributed by atoms with Gasteiger partial charge in [0.15, 0.2) is 0 Å². The second kappa shape index (κ2) is 19.1. The van der Waals surface area contributed by atoms with Crippen molar-refractivity contribution in [1.29, 1.82) is 0 Å². The van der Waals surface area contributed by atoms with Gasteiger partial charge in [0.2, 0.25) is 0 Å². The van der Waals surface area contributed by atoms with E-state index in [0.717, 1.165) is 64.2 Å². The van der Waals surface area contributed by atoms with E-state index >= 15 is 0 Å². The quantitative estimate of drug-likeness (QED) is 0.196. The second-order valence-electron chi connectivity index (χ2n) is 9.50. The Kier molecular flexibility index (Phi) is 17.1. The molecular weight excluding hydrogens is 404 g/mol. The molecule has 0 aromatic carbocycles. The Balaban J connectivity index is 2.50. The van der Waals surface area contributed by atoms with Crippen LogP contribution in [0.15, 0.2) is 0 Å². The first-order valence-electron chi connectivity index (χ1n) is 13.5. The van der Waals surface area contributed by atoms with Gasteiger partial charge in [-0.2, -0.15) is 0 Å². The second-order valence-corrected chi connectivity index (χ2v) is 9.50. The van der Waals surface area contributed by atoms with Crippen molar-refractivity contribution in [3.05, 3.63) is 0 Å². The van der Waals surface area contributed by atoms with Crippen molar-refractivity contribution >= 4 is 17.9 Å². The minimum Gasteiger partial charge on any atom is -0.462 e. The number of carbonyl (C=O) groups is 3. The molecule has 0 amide bonds. The van der Waals surface area contributed by atoms with E-state index in [4.69, 9.17) is 9.47 Å². The van der Waals surface area contributed by atoms with Gasteiger partial charge in [-0.1, -0.05) is 78.1 Å². The highest BCUT2D eigenvalue weighted by molar-refractivity contribution is 5.86. The smallest absolute Gasteiger partial charge is 0.316 e. The van der Waals surface area contributed by atoms with Crippen LogP contribution in [-0.4, -0.2) is 24.0 Å². The van der Waals surface area contributed by atoms with Gasteiger partial charge in [-0.05, 0) is 51.4 Å². The van der Waals surface area contributed by atoms with Gasteiger partial charge in [0.05, 0.1) is 5.92 Å². The van der Waals surface area contributed by atoms with Crippen LogP contribution in [0.1, 0.15) is 142 Å². The number of esters is 3. The fraction of sp³-hybridized carbons (Fsp3) is 0.889. The zero-order chi connectivity index (χ0) is 23.4. The molecule has 186 valence electrons. The van der Waals surface area contributed by atoms with E-state index in [2.05, 4.69) is 13.8 Å². The molecule has 1 aliphatic rings. The summed E-state index contributed by atoms with van der Waals surface area (Å²) in [6, 6.07) is 0. The molecule has 5 heteroatoms. The first-order chi connectivity index (χ1) is 15.6. The highest BCUT2D eigenvalue weighted by Crippen LogP contribution is 2.21. The molecule has 0 saturated carbocycles. The lowest BCUT2D eigenvalue weighted by Crippen LogP contribution is -2.21. The van der Waals surface area contributed by atoms with Gasteiger partial charge in [0.25, 0.3) is 0 Å². The molecule has 2 unspecified atom stereocenters. The van der Waals surface area contributed by atoms with Gasteiger partial charge < -0.3 is 9.47 Å². The lowest BCUT2D eigenvalue weighted by molar-refractivity contribution is -0.163. The zero-order valence-electron chi connectivity index (χ0n) is 20.8. The maximum absolute atomic E-state index is 12.3. The van der Waals surface area contributed by atoms with Crippen molar-refractivity contribution in [3.63, 3.8) is 0 Å². The van der Waals surface area contributed by atoms with E-state index < -0.39 is 5.97 Å². The lowest BCUT2D eigenvalue weighted by Gasteiger charge is -2.18. The van der Waals surface area contributed by atoms with Gasteiger partial charge in [0, 0.05) is 12.8 Å². The highest BCUT2D eigenvalue weighted by Gasteiger charge is 2.22. The first-order valence-corrected chi connectivity index (χ1v) is 13.5. The molecule has 1 aliphatic heterocycles. The molecule has 1 rings (SSSR count). The largest absolute Gasteiger partial charge is 0.462 e. The van der Waals surface area contributed by atoms with Crippen molar-refractivity contribution in [2.45, 2.75) is 148 Å². The van der Waals surface area contributed by atoms with Crippen molar-refractivity contribution in [2.24, 2.45) is 5.92 Å². The Morgan fingerprint density at radius 1 is 0.656 bits per heavy atom. The topological polar surface area (TPSA) is 69.7 Å². The summed E-state index contributed by atoms with van der Waals surface area (Å²) in [5.41, 5.74) is 0. The van der Waals surface area contributed by atoms with Crippen LogP contribution in [0.25, 0.3) is 0 Å². The molecule has 1 heterocycles. The van der Waals surface area contributed by atoms with Gasteiger partial charge in [0.1, 0.15) is 6.10 Å². The molecule has 2 atom stereocenters. The number of rotatable bonds is 10. The molecule has 1 fully saturated rings. The van der Waals surface area contributed by atoms with Gasteiger partial charge in [-0.15, -0.1) is 0 Å². The summed E-state index contributed by atoms with van der Waals surface area (Å²) < 4.78 is 10.9. The van der Waals surface area contributed by atoms with Crippen LogP contribution < -0.4 is 0 Å². The van der Waals surface area contributed by atoms with Crippen LogP contribution in [0.2, 0.25) is 0 Å². The molecule has 0 aromatic rings. The predicted molar refractivity (Wildman–Crippen MR) is 128 cm³/mol. The molecule has 0 aromatic heterocycles. The molecule has 0 N–H and O–H groups in total. The minimum absolute atomic E-state index is 0.0215.